The van der Waals surface area contributed by atoms with Gasteiger partial charge in [0.25, 0.3) is 0 Å². The van der Waals surface area contributed by atoms with Gasteiger partial charge in [-0.1, -0.05) is 37.8 Å². The molecule has 2 bridgehead atoms. The lowest BCUT2D eigenvalue weighted by atomic mass is 10.2. The third kappa shape index (κ3) is 2.99. The Morgan fingerprint density at radius 1 is 1.08 bits per heavy atom. The van der Waals surface area contributed by atoms with Crippen molar-refractivity contribution in [2.24, 2.45) is 0 Å². The largest absolute Gasteiger partial charge is 0.497 e. The van der Waals surface area contributed by atoms with E-state index < -0.39 is 10.0 Å². The third-order valence-electron chi connectivity index (χ3n) is 5.22. The molecule has 0 aromatic heterocycles. The van der Waals surface area contributed by atoms with Gasteiger partial charge < -0.3 is 4.74 Å². The zero-order valence-electron chi connectivity index (χ0n) is 14.4. The van der Waals surface area contributed by atoms with E-state index in [2.05, 4.69) is 12.1 Å². The molecule has 4 nitrogen and oxygen atoms in total. The maximum atomic E-state index is 13.0. The lowest BCUT2D eigenvalue weighted by Crippen LogP contribution is -2.40. The Hall–Kier alpha value is -1.42. The van der Waals surface area contributed by atoms with E-state index in [0.29, 0.717) is 17.1 Å². The summed E-state index contributed by atoms with van der Waals surface area (Å²) in [4.78, 5) is 0.416. The number of methoxy groups -OCH3 is 1. The van der Waals surface area contributed by atoms with Crippen LogP contribution in [0.5, 0.6) is 5.75 Å². The minimum Gasteiger partial charge on any atom is -0.497 e. The number of nitrogens with zero attached hydrogens (tertiary/aromatic N) is 1. The van der Waals surface area contributed by atoms with Gasteiger partial charge in [-0.15, -0.1) is 0 Å². The van der Waals surface area contributed by atoms with Gasteiger partial charge in [-0.2, -0.15) is 4.31 Å². The first-order chi connectivity index (χ1) is 12.0. The topological polar surface area (TPSA) is 46.6 Å². The maximum absolute atomic E-state index is 13.0. The molecular weight excluding hydrogens is 353 g/mol. The average molecular weight is 375 g/mol. The van der Waals surface area contributed by atoms with Gasteiger partial charge in [-0.3, -0.25) is 0 Å². The summed E-state index contributed by atoms with van der Waals surface area (Å²) in [6, 6.07) is 15.6. The summed E-state index contributed by atoms with van der Waals surface area (Å²) < 4.78 is 32.9. The molecule has 25 heavy (non-hydrogen) atoms. The molecule has 0 saturated carbocycles. The van der Waals surface area contributed by atoms with Crippen LogP contribution in [0, 0.1) is 6.92 Å². The van der Waals surface area contributed by atoms with Crippen molar-refractivity contribution in [2.75, 3.05) is 19.8 Å². The quantitative estimate of drug-likeness (QED) is 0.772. The van der Waals surface area contributed by atoms with E-state index in [4.69, 9.17) is 4.74 Å². The van der Waals surface area contributed by atoms with Crippen molar-refractivity contribution in [2.45, 2.75) is 29.9 Å². The van der Waals surface area contributed by atoms with E-state index in [1.807, 2.05) is 31.2 Å². The number of hydrogen-bond donors (Lipinski definition) is 0. The first kappa shape index (κ1) is 17.0. The van der Waals surface area contributed by atoms with Crippen LogP contribution < -0.4 is 10.0 Å². The summed E-state index contributed by atoms with van der Waals surface area (Å²) in [7, 11) is -1.99. The predicted octanol–water partition coefficient (Wildman–Crippen LogP) is 2.96. The molecule has 2 aliphatic rings. The van der Waals surface area contributed by atoms with Gasteiger partial charge in [-0.25, -0.2) is 8.42 Å². The van der Waals surface area contributed by atoms with Crippen molar-refractivity contribution in [3.63, 3.8) is 0 Å². The van der Waals surface area contributed by atoms with Gasteiger partial charge >= 0.3 is 0 Å². The minimum absolute atomic E-state index is 0.143. The molecule has 4 rings (SSSR count). The summed E-state index contributed by atoms with van der Waals surface area (Å²) in [6.45, 7) is 2.62. The molecule has 3 atom stereocenters. The van der Waals surface area contributed by atoms with E-state index in [1.54, 1.807) is 23.5 Å². The molecule has 2 saturated heterocycles. The number of ether oxygens (including phenoxy) is 1. The molecule has 2 fully saturated rings. The molecule has 132 valence electrons. The number of hydrogen-bond acceptors (Lipinski definition) is 3. The van der Waals surface area contributed by atoms with E-state index in [1.165, 1.54) is 5.30 Å². The van der Waals surface area contributed by atoms with Crippen molar-refractivity contribution in [3.8, 4) is 5.75 Å². The Kier molecular flexibility index (Phi) is 4.35. The van der Waals surface area contributed by atoms with Crippen LogP contribution in [-0.2, 0) is 10.0 Å². The van der Waals surface area contributed by atoms with Crippen LogP contribution in [0.1, 0.15) is 12.0 Å². The molecule has 0 amide bonds. The first-order valence-corrected chi connectivity index (χ1v) is 11.5. The smallest absolute Gasteiger partial charge is 0.243 e. The second kappa shape index (κ2) is 6.39. The van der Waals surface area contributed by atoms with E-state index in [0.717, 1.165) is 23.9 Å². The molecule has 0 radical (unpaired) electrons. The maximum Gasteiger partial charge on any atom is 0.243 e. The normalized spacial score (nSPS) is 26.1. The molecule has 0 spiro atoms. The summed E-state index contributed by atoms with van der Waals surface area (Å²) in [5, 5.41) is 1.36. The van der Waals surface area contributed by atoms with Crippen LogP contribution >= 0.6 is 7.92 Å². The molecular formula is C19H22NO3PS. The Labute approximate surface area is 150 Å². The van der Waals surface area contributed by atoms with E-state index >= 15 is 0 Å². The fraction of sp³-hybridized carbons (Fsp3) is 0.368. The SMILES string of the molecule is COc1ccc([P@@]2CC3C[C@H]2CN3S(=O)(=O)c2ccc(C)cc2)cc1. The molecule has 2 heterocycles. The third-order valence-corrected chi connectivity index (χ3v) is 10.2. The highest BCUT2D eigenvalue weighted by atomic mass is 32.2. The van der Waals surface area contributed by atoms with Crippen molar-refractivity contribution in [1.82, 2.24) is 4.31 Å². The second-order valence-corrected chi connectivity index (χ2v) is 11.2. The summed E-state index contributed by atoms with van der Waals surface area (Å²) in [5.41, 5.74) is 1.54. The van der Waals surface area contributed by atoms with Crippen molar-refractivity contribution >= 4 is 23.2 Å². The minimum atomic E-state index is -3.38. The summed E-state index contributed by atoms with van der Waals surface area (Å²) in [6.07, 6.45) is 1.96. The van der Waals surface area contributed by atoms with Gasteiger partial charge in [0.05, 0.1) is 12.0 Å². The monoisotopic (exact) mass is 375 g/mol. The number of fused-ring (bicyclic) bond motifs is 2. The fourth-order valence-electron chi connectivity index (χ4n) is 3.86. The van der Waals surface area contributed by atoms with Crippen LogP contribution in [0.25, 0.3) is 0 Å². The Bertz CT molecular complexity index is 865. The van der Waals surface area contributed by atoms with Crippen molar-refractivity contribution in [3.05, 3.63) is 54.1 Å². The van der Waals surface area contributed by atoms with E-state index in [9.17, 15) is 8.42 Å². The molecule has 0 aliphatic carbocycles. The van der Waals surface area contributed by atoms with Gasteiger partial charge in [0.15, 0.2) is 0 Å². The van der Waals surface area contributed by atoms with Crippen LogP contribution in [0.2, 0.25) is 0 Å². The Morgan fingerprint density at radius 2 is 1.76 bits per heavy atom. The Morgan fingerprint density at radius 3 is 2.32 bits per heavy atom. The predicted molar refractivity (Wildman–Crippen MR) is 102 cm³/mol. The van der Waals surface area contributed by atoms with Gasteiger partial charge in [0, 0.05) is 12.6 Å². The summed E-state index contributed by atoms with van der Waals surface area (Å²) in [5.74, 6) is 0.867. The highest BCUT2D eigenvalue weighted by Crippen LogP contribution is 2.55. The molecule has 6 heteroatoms. The van der Waals surface area contributed by atoms with Gasteiger partial charge in [0.1, 0.15) is 5.75 Å². The zero-order valence-corrected chi connectivity index (χ0v) is 16.1. The van der Waals surface area contributed by atoms with Gasteiger partial charge in [0.2, 0.25) is 10.0 Å². The Balaban J connectivity index is 1.53. The molecule has 2 aromatic carbocycles. The lowest BCUT2D eigenvalue weighted by molar-refractivity contribution is 0.408. The van der Waals surface area contributed by atoms with Crippen molar-refractivity contribution < 1.29 is 13.2 Å². The number of aryl methyl sites for hydroxylation is 1. The number of rotatable bonds is 4. The number of sulfonamides is 1. The average Bonchev–Trinajstić information content (AvgIpc) is 3.23. The lowest BCUT2D eigenvalue weighted by Gasteiger charge is -2.31. The fourth-order valence-corrected chi connectivity index (χ4v) is 8.90. The standard InChI is InChI=1S/C19H22NO3PS/c1-14-3-9-19(10-4-14)25(21,22)20-12-18-11-15(20)13-24(18)17-7-5-16(23-2)6-8-17/h3-10,15,18H,11-13H2,1-2H3/t15?,18-,24+/m0/s1. The molecule has 2 aliphatic heterocycles. The first-order valence-electron chi connectivity index (χ1n) is 8.48. The molecule has 1 unspecified atom stereocenters. The van der Waals surface area contributed by atoms with E-state index in [-0.39, 0.29) is 14.0 Å². The van der Waals surface area contributed by atoms with Gasteiger partial charge in [-0.05, 0) is 54.7 Å². The highest BCUT2D eigenvalue weighted by molar-refractivity contribution is 7.89. The van der Waals surface area contributed by atoms with Crippen LogP contribution in [0.4, 0.5) is 0 Å². The summed E-state index contributed by atoms with van der Waals surface area (Å²) >= 11 is 0. The second-order valence-electron chi connectivity index (χ2n) is 6.78. The number of benzene rings is 2. The van der Waals surface area contributed by atoms with Crippen LogP contribution in [0.3, 0.4) is 0 Å². The van der Waals surface area contributed by atoms with Crippen LogP contribution in [-0.4, -0.2) is 44.2 Å². The molecule has 2 aromatic rings. The zero-order chi connectivity index (χ0) is 17.6. The van der Waals surface area contributed by atoms with Crippen LogP contribution in [0.15, 0.2) is 53.4 Å². The highest BCUT2D eigenvalue weighted by Gasteiger charge is 2.49. The van der Waals surface area contributed by atoms with Crippen molar-refractivity contribution in [1.29, 1.82) is 0 Å². The molecule has 0 N–H and O–H groups in total.